The molecular weight excluding hydrogens is 303 g/mol. The first-order chi connectivity index (χ1) is 10.6. The molecule has 22 heavy (non-hydrogen) atoms. The summed E-state index contributed by atoms with van der Waals surface area (Å²) in [5.41, 5.74) is 1.82. The molecule has 1 rings (SSSR count). The summed E-state index contributed by atoms with van der Waals surface area (Å²) in [4.78, 5) is 0. The van der Waals surface area contributed by atoms with E-state index in [1.165, 1.54) is 6.92 Å². The van der Waals surface area contributed by atoms with Gasteiger partial charge in [-0.3, -0.25) is 0 Å². The molecule has 0 aliphatic rings. The van der Waals surface area contributed by atoms with E-state index < -0.39 is 0 Å². The highest BCUT2D eigenvalue weighted by molar-refractivity contribution is 6.17. The first-order valence-corrected chi connectivity index (χ1v) is 8.03. The number of alkyl halides is 1. The molecule has 0 bridgehead atoms. The fourth-order valence-corrected chi connectivity index (χ4v) is 2.42. The number of ether oxygens (including phenoxy) is 2. The maximum Gasteiger partial charge on any atom is 0.127 e. The molecule has 0 saturated carbocycles. The molecular formula is C18H24ClFO2. The molecule has 0 saturated heterocycles. The summed E-state index contributed by atoms with van der Waals surface area (Å²) in [7, 11) is 0. The zero-order chi connectivity index (χ0) is 16.5. The van der Waals surface area contributed by atoms with Gasteiger partial charge in [0.1, 0.15) is 11.5 Å². The predicted octanol–water partition coefficient (Wildman–Crippen LogP) is 5.76. The van der Waals surface area contributed by atoms with Gasteiger partial charge in [-0.1, -0.05) is 12.2 Å². The molecule has 122 valence electrons. The van der Waals surface area contributed by atoms with Gasteiger partial charge in [0.05, 0.1) is 19.0 Å². The third-order valence-electron chi connectivity index (χ3n) is 3.23. The normalized spacial score (nSPS) is 12.9. The molecule has 0 aliphatic carbocycles. The van der Waals surface area contributed by atoms with E-state index in [1.54, 1.807) is 12.2 Å². The molecule has 1 atom stereocenters. The van der Waals surface area contributed by atoms with Crippen molar-refractivity contribution >= 4 is 11.6 Å². The van der Waals surface area contributed by atoms with Crippen LogP contribution in [0.15, 0.2) is 36.7 Å². The van der Waals surface area contributed by atoms with Crippen LogP contribution in [0.5, 0.6) is 11.5 Å². The van der Waals surface area contributed by atoms with Crippen LogP contribution in [0, 0.1) is 0 Å². The molecule has 0 spiro atoms. The van der Waals surface area contributed by atoms with Crippen LogP contribution in [-0.4, -0.2) is 13.2 Å². The summed E-state index contributed by atoms with van der Waals surface area (Å²) in [6, 6.07) is 3.83. The monoisotopic (exact) mass is 326 g/mol. The Morgan fingerprint density at radius 3 is 2.18 bits per heavy atom. The number of hydrogen-bond donors (Lipinski definition) is 0. The fraction of sp³-hybridized carbons (Fsp3) is 0.444. The highest BCUT2D eigenvalue weighted by atomic mass is 35.5. The molecule has 4 heteroatoms. The van der Waals surface area contributed by atoms with Crippen LogP contribution in [-0.2, 0) is 5.88 Å². The standard InChI is InChI=1S/C18H24ClFO2/c1-5-15(9-8-13(4)20)18-16(21-6-2)10-14(12-19)11-17(18)22-7-3/h5,8,10-11,15H,1,6-7,9,12H2,2-4H3/b13-8+. The first-order valence-electron chi connectivity index (χ1n) is 7.50. The smallest absolute Gasteiger partial charge is 0.127 e. The van der Waals surface area contributed by atoms with E-state index in [1.807, 2.05) is 26.0 Å². The first kappa shape index (κ1) is 18.6. The Morgan fingerprint density at radius 1 is 1.27 bits per heavy atom. The molecule has 0 amide bonds. The average molecular weight is 327 g/mol. The lowest BCUT2D eigenvalue weighted by Gasteiger charge is -2.21. The van der Waals surface area contributed by atoms with Gasteiger partial charge in [-0.2, -0.15) is 0 Å². The quantitative estimate of drug-likeness (QED) is 0.424. The molecule has 1 aromatic rings. The van der Waals surface area contributed by atoms with Crippen molar-refractivity contribution in [3.8, 4) is 11.5 Å². The maximum atomic E-state index is 13.1. The molecule has 0 N–H and O–H groups in total. The van der Waals surface area contributed by atoms with Crippen LogP contribution in [0.2, 0.25) is 0 Å². The van der Waals surface area contributed by atoms with Crippen molar-refractivity contribution in [2.75, 3.05) is 13.2 Å². The highest BCUT2D eigenvalue weighted by Gasteiger charge is 2.20. The Hall–Kier alpha value is -1.48. The Morgan fingerprint density at radius 2 is 1.82 bits per heavy atom. The van der Waals surface area contributed by atoms with Crippen LogP contribution in [0.3, 0.4) is 0 Å². The summed E-state index contributed by atoms with van der Waals surface area (Å²) >= 11 is 5.95. The second-order valence-corrected chi connectivity index (χ2v) is 5.14. The Balaban J connectivity index is 3.37. The van der Waals surface area contributed by atoms with Gasteiger partial charge in [0.25, 0.3) is 0 Å². The fourth-order valence-electron chi connectivity index (χ4n) is 2.27. The van der Waals surface area contributed by atoms with Crippen molar-refractivity contribution in [1.82, 2.24) is 0 Å². The second-order valence-electron chi connectivity index (χ2n) is 4.87. The van der Waals surface area contributed by atoms with Crippen LogP contribution in [0.25, 0.3) is 0 Å². The van der Waals surface area contributed by atoms with Gasteiger partial charge in [0.2, 0.25) is 0 Å². The third-order valence-corrected chi connectivity index (χ3v) is 3.53. The van der Waals surface area contributed by atoms with Gasteiger partial charge >= 0.3 is 0 Å². The highest BCUT2D eigenvalue weighted by Crippen LogP contribution is 2.40. The van der Waals surface area contributed by atoms with E-state index in [4.69, 9.17) is 21.1 Å². The summed E-state index contributed by atoms with van der Waals surface area (Å²) in [6.45, 7) is 10.2. The summed E-state index contributed by atoms with van der Waals surface area (Å²) in [5.74, 6) is 1.53. The van der Waals surface area contributed by atoms with E-state index in [0.29, 0.717) is 25.5 Å². The Kier molecular flexibility index (Phi) is 8.03. The third kappa shape index (κ3) is 5.06. The van der Waals surface area contributed by atoms with E-state index in [2.05, 4.69) is 6.58 Å². The minimum absolute atomic E-state index is 0.0850. The minimum atomic E-state index is -0.208. The average Bonchev–Trinajstić information content (AvgIpc) is 2.49. The summed E-state index contributed by atoms with van der Waals surface area (Å²) < 4.78 is 24.6. The van der Waals surface area contributed by atoms with E-state index in [-0.39, 0.29) is 11.7 Å². The van der Waals surface area contributed by atoms with Gasteiger partial charge < -0.3 is 9.47 Å². The van der Waals surface area contributed by atoms with Crippen molar-refractivity contribution in [1.29, 1.82) is 0 Å². The molecule has 0 heterocycles. The lowest BCUT2D eigenvalue weighted by atomic mass is 9.92. The van der Waals surface area contributed by atoms with Crippen molar-refractivity contribution in [3.05, 3.63) is 47.8 Å². The molecule has 1 aromatic carbocycles. The lowest BCUT2D eigenvalue weighted by Crippen LogP contribution is -2.06. The SMILES string of the molecule is C=CC(C/C=C(\C)F)c1c(OCC)cc(CCl)cc1OCC. The zero-order valence-electron chi connectivity index (χ0n) is 13.5. The van der Waals surface area contributed by atoms with Crippen LogP contribution < -0.4 is 9.47 Å². The van der Waals surface area contributed by atoms with Gasteiger partial charge in [0, 0.05) is 17.4 Å². The largest absolute Gasteiger partial charge is 0.493 e. The number of allylic oxidation sites excluding steroid dienone is 3. The molecule has 2 nitrogen and oxygen atoms in total. The van der Waals surface area contributed by atoms with Crippen LogP contribution in [0.1, 0.15) is 44.2 Å². The molecule has 0 aromatic heterocycles. The van der Waals surface area contributed by atoms with Crippen LogP contribution >= 0.6 is 11.6 Å². The molecule has 0 aliphatic heterocycles. The zero-order valence-corrected chi connectivity index (χ0v) is 14.3. The number of halogens is 2. The number of rotatable bonds is 9. The number of hydrogen-bond acceptors (Lipinski definition) is 2. The maximum absolute atomic E-state index is 13.1. The van der Waals surface area contributed by atoms with E-state index >= 15 is 0 Å². The summed E-state index contributed by atoms with van der Waals surface area (Å²) in [6.07, 6.45) is 3.85. The lowest BCUT2D eigenvalue weighted by molar-refractivity contribution is 0.314. The van der Waals surface area contributed by atoms with E-state index in [0.717, 1.165) is 22.6 Å². The van der Waals surface area contributed by atoms with Crippen molar-refractivity contribution in [2.45, 2.75) is 39.0 Å². The van der Waals surface area contributed by atoms with Crippen molar-refractivity contribution in [3.63, 3.8) is 0 Å². The Labute approximate surface area is 137 Å². The Bertz CT molecular complexity index is 495. The predicted molar refractivity (Wildman–Crippen MR) is 90.8 cm³/mol. The van der Waals surface area contributed by atoms with Gasteiger partial charge in [-0.25, -0.2) is 4.39 Å². The molecule has 0 radical (unpaired) electrons. The van der Waals surface area contributed by atoms with Gasteiger partial charge in [0.15, 0.2) is 0 Å². The van der Waals surface area contributed by atoms with Crippen molar-refractivity contribution in [2.24, 2.45) is 0 Å². The van der Waals surface area contributed by atoms with Crippen molar-refractivity contribution < 1.29 is 13.9 Å². The minimum Gasteiger partial charge on any atom is -0.493 e. The van der Waals surface area contributed by atoms with E-state index in [9.17, 15) is 4.39 Å². The van der Waals surface area contributed by atoms with Gasteiger partial charge in [-0.15, -0.1) is 18.2 Å². The summed E-state index contributed by atoms with van der Waals surface area (Å²) in [5, 5.41) is 0. The number of benzene rings is 1. The molecule has 0 fully saturated rings. The molecule has 1 unspecified atom stereocenters. The van der Waals surface area contributed by atoms with Gasteiger partial charge in [-0.05, 0) is 44.9 Å². The topological polar surface area (TPSA) is 18.5 Å². The second kappa shape index (κ2) is 9.52. The van der Waals surface area contributed by atoms with Crippen LogP contribution in [0.4, 0.5) is 4.39 Å².